The van der Waals surface area contributed by atoms with Crippen molar-refractivity contribution in [2.75, 3.05) is 6.61 Å². The zero-order valence-electron chi connectivity index (χ0n) is 15.0. The fraction of sp³-hybridized carbons (Fsp3) is 0.273. The second-order valence-corrected chi connectivity index (χ2v) is 11.3. The lowest BCUT2D eigenvalue weighted by molar-refractivity contribution is 0.304. The van der Waals surface area contributed by atoms with Crippen LogP contribution in [0.15, 0.2) is 85.5 Å². The van der Waals surface area contributed by atoms with Crippen molar-refractivity contribution < 1.29 is 4.43 Å². The van der Waals surface area contributed by atoms with Gasteiger partial charge in [-0.05, 0) is 21.8 Å². The van der Waals surface area contributed by atoms with Gasteiger partial charge in [-0.1, -0.05) is 106 Å². The average Bonchev–Trinajstić information content (AvgIpc) is 2.59. The molecule has 0 heterocycles. The van der Waals surface area contributed by atoms with Gasteiger partial charge in [0.25, 0.3) is 8.32 Å². The zero-order valence-corrected chi connectivity index (χ0v) is 16.0. The molecule has 2 rings (SSSR count). The van der Waals surface area contributed by atoms with Gasteiger partial charge in [0.05, 0.1) is 0 Å². The Morgan fingerprint density at radius 3 is 1.83 bits per heavy atom. The highest BCUT2D eigenvalue weighted by Gasteiger charge is 2.49. The predicted molar refractivity (Wildman–Crippen MR) is 108 cm³/mol. The number of hydrogen-bond donors (Lipinski definition) is 0. The topological polar surface area (TPSA) is 9.23 Å². The Morgan fingerprint density at radius 1 is 0.917 bits per heavy atom. The van der Waals surface area contributed by atoms with Gasteiger partial charge in [0.2, 0.25) is 0 Å². The van der Waals surface area contributed by atoms with E-state index in [0.717, 1.165) is 13.0 Å². The number of rotatable bonds is 7. The van der Waals surface area contributed by atoms with Gasteiger partial charge < -0.3 is 4.43 Å². The summed E-state index contributed by atoms with van der Waals surface area (Å²) < 4.78 is 6.77. The van der Waals surface area contributed by atoms with Crippen LogP contribution in [0.2, 0.25) is 5.04 Å². The van der Waals surface area contributed by atoms with Crippen molar-refractivity contribution in [3.8, 4) is 0 Å². The summed E-state index contributed by atoms with van der Waals surface area (Å²) in [4.78, 5) is 0. The first-order valence-electron chi connectivity index (χ1n) is 8.55. The molecule has 0 atom stereocenters. The highest BCUT2D eigenvalue weighted by molar-refractivity contribution is 6.99. The fourth-order valence-corrected chi connectivity index (χ4v) is 7.81. The molecule has 126 valence electrons. The zero-order chi connectivity index (χ0) is 17.5. The van der Waals surface area contributed by atoms with Gasteiger partial charge in [0, 0.05) is 6.61 Å². The lowest BCUT2D eigenvalue weighted by Gasteiger charge is -2.43. The van der Waals surface area contributed by atoms with Crippen LogP contribution in [0.25, 0.3) is 0 Å². The minimum absolute atomic E-state index is 0.0395. The maximum absolute atomic E-state index is 6.77. The molecule has 0 saturated heterocycles. The molecule has 0 spiro atoms. The standard InChI is InChI=1S/C22H28OSi/c1-5-6-7-14-19-23-24(22(2,3)4,20-15-10-8-11-16-20)21-17-12-9-13-18-21/h5-13,15-18H,1,14,19H2,2-4H3/b7-6+. The van der Waals surface area contributed by atoms with Crippen molar-refractivity contribution in [3.05, 3.63) is 85.5 Å². The third-order valence-electron chi connectivity index (χ3n) is 4.29. The Kier molecular flexibility index (Phi) is 6.35. The van der Waals surface area contributed by atoms with Gasteiger partial charge in [-0.2, -0.15) is 0 Å². The summed E-state index contributed by atoms with van der Waals surface area (Å²) in [6, 6.07) is 21.5. The van der Waals surface area contributed by atoms with Crippen LogP contribution in [0.3, 0.4) is 0 Å². The van der Waals surface area contributed by atoms with Crippen LogP contribution >= 0.6 is 0 Å². The molecule has 0 aliphatic carbocycles. The molecule has 0 saturated carbocycles. The van der Waals surface area contributed by atoms with Crippen molar-refractivity contribution in [1.29, 1.82) is 0 Å². The first kappa shape index (κ1) is 18.4. The van der Waals surface area contributed by atoms with Crippen molar-refractivity contribution in [3.63, 3.8) is 0 Å². The van der Waals surface area contributed by atoms with Crippen molar-refractivity contribution in [1.82, 2.24) is 0 Å². The van der Waals surface area contributed by atoms with Crippen molar-refractivity contribution in [2.24, 2.45) is 0 Å². The third kappa shape index (κ3) is 3.95. The predicted octanol–water partition coefficient (Wildman–Crippen LogP) is 4.70. The summed E-state index contributed by atoms with van der Waals surface area (Å²) in [5.41, 5.74) is 0. The molecular formula is C22H28OSi. The van der Waals surface area contributed by atoms with Gasteiger partial charge in [0.1, 0.15) is 0 Å². The van der Waals surface area contributed by atoms with E-state index >= 15 is 0 Å². The number of benzene rings is 2. The van der Waals surface area contributed by atoms with E-state index in [4.69, 9.17) is 4.43 Å². The first-order chi connectivity index (χ1) is 11.5. The van der Waals surface area contributed by atoms with E-state index in [-0.39, 0.29) is 5.04 Å². The van der Waals surface area contributed by atoms with E-state index in [1.165, 1.54) is 10.4 Å². The third-order valence-corrected chi connectivity index (χ3v) is 9.33. The molecule has 0 radical (unpaired) electrons. The quantitative estimate of drug-likeness (QED) is 0.405. The Morgan fingerprint density at radius 2 is 1.42 bits per heavy atom. The van der Waals surface area contributed by atoms with Crippen LogP contribution < -0.4 is 10.4 Å². The largest absolute Gasteiger partial charge is 0.407 e. The first-order valence-corrected chi connectivity index (χ1v) is 10.5. The summed E-state index contributed by atoms with van der Waals surface area (Å²) in [5, 5.41) is 2.70. The lowest BCUT2D eigenvalue weighted by Crippen LogP contribution is -2.66. The smallest absolute Gasteiger partial charge is 0.261 e. The second kappa shape index (κ2) is 8.27. The Bertz CT molecular complexity index is 614. The van der Waals surface area contributed by atoms with Crippen LogP contribution in [-0.2, 0) is 4.43 Å². The van der Waals surface area contributed by atoms with E-state index in [0.29, 0.717) is 0 Å². The number of allylic oxidation sites excluding steroid dienone is 2. The lowest BCUT2D eigenvalue weighted by atomic mass is 10.2. The van der Waals surface area contributed by atoms with E-state index in [2.05, 4.69) is 94.1 Å². The maximum atomic E-state index is 6.77. The minimum Gasteiger partial charge on any atom is -0.407 e. The Labute approximate surface area is 147 Å². The van der Waals surface area contributed by atoms with Gasteiger partial charge in [-0.3, -0.25) is 0 Å². The average molecular weight is 337 g/mol. The Balaban J connectivity index is 2.49. The molecule has 0 aromatic heterocycles. The molecule has 0 bridgehead atoms. The van der Waals surface area contributed by atoms with Gasteiger partial charge in [-0.25, -0.2) is 0 Å². The molecule has 0 fully saturated rings. The molecule has 1 nitrogen and oxygen atoms in total. The van der Waals surface area contributed by atoms with Crippen molar-refractivity contribution in [2.45, 2.75) is 32.2 Å². The van der Waals surface area contributed by atoms with E-state index < -0.39 is 8.32 Å². The molecule has 0 unspecified atom stereocenters. The molecule has 0 aliphatic heterocycles. The molecule has 24 heavy (non-hydrogen) atoms. The highest BCUT2D eigenvalue weighted by atomic mass is 28.4. The summed E-state index contributed by atoms with van der Waals surface area (Å²) in [7, 11) is -2.37. The van der Waals surface area contributed by atoms with Gasteiger partial charge in [-0.15, -0.1) is 0 Å². The van der Waals surface area contributed by atoms with Crippen LogP contribution in [0.4, 0.5) is 0 Å². The minimum atomic E-state index is -2.37. The van der Waals surface area contributed by atoms with Crippen molar-refractivity contribution >= 4 is 18.7 Å². The summed E-state index contributed by atoms with van der Waals surface area (Å²) in [6.45, 7) is 11.4. The van der Waals surface area contributed by atoms with Crippen LogP contribution in [0.5, 0.6) is 0 Å². The van der Waals surface area contributed by atoms with Crippen LogP contribution in [0.1, 0.15) is 27.2 Å². The molecule has 2 aromatic rings. The molecular weight excluding hydrogens is 308 g/mol. The number of hydrogen-bond acceptors (Lipinski definition) is 1. The summed E-state index contributed by atoms with van der Waals surface area (Å²) in [5.74, 6) is 0. The van der Waals surface area contributed by atoms with Gasteiger partial charge >= 0.3 is 0 Å². The van der Waals surface area contributed by atoms with Gasteiger partial charge in [0.15, 0.2) is 0 Å². The molecule has 0 amide bonds. The van der Waals surface area contributed by atoms with Crippen LogP contribution in [-0.4, -0.2) is 14.9 Å². The summed E-state index contributed by atoms with van der Waals surface area (Å²) in [6.07, 6.45) is 6.80. The normalized spacial score (nSPS) is 12.5. The van der Waals surface area contributed by atoms with E-state index in [9.17, 15) is 0 Å². The second-order valence-electron chi connectivity index (χ2n) is 6.96. The Hall–Kier alpha value is -1.90. The monoisotopic (exact) mass is 336 g/mol. The molecule has 0 aliphatic rings. The van der Waals surface area contributed by atoms with E-state index in [1.807, 2.05) is 12.2 Å². The summed E-state index contributed by atoms with van der Waals surface area (Å²) >= 11 is 0. The maximum Gasteiger partial charge on any atom is 0.261 e. The molecule has 2 heteroatoms. The fourth-order valence-electron chi connectivity index (χ4n) is 3.23. The van der Waals surface area contributed by atoms with Crippen LogP contribution in [0, 0.1) is 0 Å². The molecule has 2 aromatic carbocycles. The highest BCUT2D eigenvalue weighted by Crippen LogP contribution is 2.36. The van der Waals surface area contributed by atoms with E-state index in [1.54, 1.807) is 0 Å². The molecule has 0 N–H and O–H groups in total. The SMILES string of the molecule is C=C/C=C/CCO[Si](c1ccccc1)(c1ccccc1)C(C)(C)C.